The minimum absolute atomic E-state index is 0.245. The fraction of sp³-hybridized carbons (Fsp3) is 0.923. The van der Waals surface area contributed by atoms with Gasteiger partial charge < -0.3 is 20.7 Å². The lowest BCUT2D eigenvalue weighted by atomic mass is 9.88. The van der Waals surface area contributed by atoms with Crippen molar-refractivity contribution in [1.82, 2.24) is 9.80 Å². The van der Waals surface area contributed by atoms with Gasteiger partial charge in [-0.3, -0.25) is 0 Å². The number of rotatable bonds is 6. The number of likely N-dealkylation sites (N-methyl/N-ethyl adjacent to an activating group) is 2. The highest BCUT2D eigenvalue weighted by atomic mass is 16.4. The average molecular weight is 256 g/mol. The van der Waals surface area contributed by atoms with Gasteiger partial charge in [-0.2, -0.15) is 0 Å². The van der Waals surface area contributed by atoms with Gasteiger partial charge in [-0.25, -0.2) is 0 Å². The number of amidine groups is 1. The van der Waals surface area contributed by atoms with Crippen LogP contribution in [0.2, 0.25) is 0 Å². The summed E-state index contributed by atoms with van der Waals surface area (Å²) in [6.07, 6.45) is 3.50. The molecule has 1 rings (SSSR count). The molecule has 106 valence electrons. The Balaban J connectivity index is 2.34. The molecule has 0 saturated carbocycles. The van der Waals surface area contributed by atoms with Crippen molar-refractivity contribution in [2.45, 2.75) is 39.2 Å². The topological polar surface area (TPSA) is 65.1 Å². The first kappa shape index (κ1) is 15.2. The van der Waals surface area contributed by atoms with Gasteiger partial charge in [-0.15, -0.1) is 0 Å². The van der Waals surface area contributed by atoms with Crippen molar-refractivity contribution in [3.8, 4) is 0 Å². The van der Waals surface area contributed by atoms with Crippen LogP contribution in [0.1, 0.15) is 33.1 Å². The monoisotopic (exact) mass is 256 g/mol. The molecule has 0 aromatic carbocycles. The van der Waals surface area contributed by atoms with Crippen LogP contribution in [0.3, 0.4) is 0 Å². The summed E-state index contributed by atoms with van der Waals surface area (Å²) in [6, 6.07) is 0.682. The van der Waals surface area contributed by atoms with Crippen molar-refractivity contribution in [2.75, 3.05) is 33.7 Å². The normalized spacial score (nSPS) is 22.9. The Hall–Kier alpha value is -0.810. The van der Waals surface area contributed by atoms with Gasteiger partial charge in [0.25, 0.3) is 0 Å². The van der Waals surface area contributed by atoms with Crippen LogP contribution in [0, 0.1) is 5.41 Å². The van der Waals surface area contributed by atoms with Crippen molar-refractivity contribution < 1.29 is 5.21 Å². The number of likely N-dealkylation sites (tertiary alicyclic amines) is 1. The van der Waals surface area contributed by atoms with Crippen LogP contribution in [0.5, 0.6) is 0 Å². The molecule has 0 spiro atoms. The van der Waals surface area contributed by atoms with E-state index in [1.54, 1.807) is 0 Å². The van der Waals surface area contributed by atoms with Gasteiger partial charge >= 0.3 is 0 Å². The summed E-state index contributed by atoms with van der Waals surface area (Å²) < 4.78 is 0. The third kappa shape index (κ3) is 4.14. The summed E-state index contributed by atoms with van der Waals surface area (Å²) in [5.41, 5.74) is 5.45. The Morgan fingerprint density at radius 3 is 2.72 bits per heavy atom. The van der Waals surface area contributed by atoms with Gasteiger partial charge in [0.2, 0.25) is 0 Å². The average Bonchev–Trinajstić information content (AvgIpc) is 2.71. The van der Waals surface area contributed by atoms with Gasteiger partial charge in [0.15, 0.2) is 0 Å². The molecule has 1 unspecified atom stereocenters. The van der Waals surface area contributed by atoms with Crippen molar-refractivity contribution in [3.05, 3.63) is 0 Å². The smallest absolute Gasteiger partial charge is 0.144 e. The Labute approximate surface area is 111 Å². The van der Waals surface area contributed by atoms with E-state index < -0.39 is 0 Å². The minimum Gasteiger partial charge on any atom is -0.409 e. The third-order valence-electron chi connectivity index (χ3n) is 4.11. The van der Waals surface area contributed by atoms with E-state index in [2.05, 4.69) is 29.1 Å². The highest BCUT2D eigenvalue weighted by Gasteiger charge is 2.26. The van der Waals surface area contributed by atoms with E-state index in [4.69, 9.17) is 10.9 Å². The second kappa shape index (κ2) is 6.38. The van der Waals surface area contributed by atoms with Crippen molar-refractivity contribution in [1.29, 1.82) is 0 Å². The van der Waals surface area contributed by atoms with Crippen LogP contribution in [0.4, 0.5) is 0 Å². The van der Waals surface area contributed by atoms with E-state index in [9.17, 15) is 0 Å². The molecule has 5 heteroatoms. The van der Waals surface area contributed by atoms with E-state index in [-0.39, 0.29) is 5.41 Å². The molecule has 1 saturated heterocycles. The molecule has 1 heterocycles. The van der Waals surface area contributed by atoms with Gasteiger partial charge in [-0.1, -0.05) is 19.0 Å². The van der Waals surface area contributed by atoms with E-state index in [0.717, 1.165) is 19.5 Å². The van der Waals surface area contributed by atoms with Crippen LogP contribution in [0.25, 0.3) is 0 Å². The largest absolute Gasteiger partial charge is 0.409 e. The first-order valence-electron chi connectivity index (χ1n) is 6.73. The second-order valence-corrected chi connectivity index (χ2v) is 6.16. The Kier molecular flexibility index (Phi) is 5.41. The zero-order valence-corrected chi connectivity index (χ0v) is 12.2. The lowest BCUT2D eigenvalue weighted by Crippen LogP contribution is -2.40. The quantitative estimate of drug-likeness (QED) is 0.324. The lowest BCUT2D eigenvalue weighted by Gasteiger charge is -2.29. The minimum atomic E-state index is -0.245. The maximum Gasteiger partial charge on any atom is 0.144 e. The number of hydrogen-bond acceptors (Lipinski definition) is 4. The molecule has 1 aliphatic rings. The second-order valence-electron chi connectivity index (χ2n) is 6.16. The standard InChI is InChI=1S/C13H28N4O/c1-13(2,12(14)15-18)7-9-16(3)10-11-6-5-8-17(11)4/h11,18H,5-10H2,1-4H3,(H2,14,15). The van der Waals surface area contributed by atoms with Gasteiger partial charge in [0.1, 0.15) is 5.84 Å². The molecule has 0 aromatic rings. The van der Waals surface area contributed by atoms with Crippen LogP contribution >= 0.6 is 0 Å². The molecule has 0 radical (unpaired) electrons. The van der Waals surface area contributed by atoms with Crippen LogP contribution in [0.15, 0.2) is 5.16 Å². The van der Waals surface area contributed by atoms with E-state index >= 15 is 0 Å². The summed E-state index contributed by atoms with van der Waals surface area (Å²) in [6.45, 7) is 7.31. The molecule has 5 nitrogen and oxygen atoms in total. The third-order valence-corrected chi connectivity index (χ3v) is 4.11. The van der Waals surface area contributed by atoms with Crippen LogP contribution in [-0.2, 0) is 0 Å². The molecule has 0 aromatic heterocycles. The molecule has 0 aliphatic carbocycles. The van der Waals surface area contributed by atoms with Crippen molar-refractivity contribution in [2.24, 2.45) is 16.3 Å². The highest BCUT2D eigenvalue weighted by Crippen LogP contribution is 2.21. The van der Waals surface area contributed by atoms with Gasteiger partial charge in [0, 0.05) is 18.0 Å². The molecule has 0 amide bonds. The number of nitrogens with two attached hydrogens (primary N) is 1. The van der Waals surface area contributed by atoms with Gasteiger partial charge in [0.05, 0.1) is 0 Å². The molecule has 1 atom stereocenters. The lowest BCUT2D eigenvalue weighted by molar-refractivity contribution is 0.207. The fourth-order valence-corrected chi connectivity index (χ4v) is 2.39. The predicted molar refractivity (Wildman–Crippen MR) is 75.0 cm³/mol. The van der Waals surface area contributed by atoms with E-state index in [1.807, 2.05) is 13.8 Å². The Bertz CT molecular complexity index is 291. The van der Waals surface area contributed by atoms with Crippen LogP contribution in [-0.4, -0.2) is 60.6 Å². The predicted octanol–water partition coefficient (Wildman–Crippen LogP) is 1.18. The van der Waals surface area contributed by atoms with E-state index in [1.165, 1.54) is 19.4 Å². The molecular formula is C13H28N4O. The molecule has 0 bridgehead atoms. The molecular weight excluding hydrogens is 228 g/mol. The van der Waals surface area contributed by atoms with Gasteiger partial charge in [-0.05, 0) is 46.4 Å². The SMILES string of the molecule is CN(CCC(C)(C)C(N)=NO)CC1CCCN1C. The summed E-state index contributed by atoms with van der Waals surface area (Å²) in [5.74, 6) is 0.314. The molecule has 1 aliphatic heterocycles. The number of nitrogens with zero attached hydrogens (tertiary/aromatic N) is 3. The Morgan fingerprint density at radius 2 is 2.22 bits per heavy atom. The molecule has 3 N–H and O–H groups in total. The molecule has 18 heavy (non-hydrogen) atoms. The maximum atomic E-state index is 8.74. The zero-order chi connectivity index (χ0) is 13.8. The van der Waals surface area contributed by atoms with Crippen molar-refractivity contribution in [3.63, 3.8) is 0 Å². The first-order chi connectivity index (χ1) is 8.36. The van der Waals surface area contributed by atoms with Crippen LogP contribution < -0.4 is 5.73 Å². The van der Waals surface area contributed by atoms with E-state index in [0.29, 0.717) is 11.9 Å². The zero-order valence-electron chi connectivity index (χ0n) is 12.2. The fourth-order valence-electron chi connectivity index (χ4n) is 2.39. The molecule has 1 fully saturated rings. The summed E-state index contributed by atoms with van der Waals surface area (Å²) in [7, 11) is 4.35. The Morgan fingerprint density at radius 1 is 1.56 bits per heavy atom. The summed E-state index contributed by atoms with van der Waals surface area (Å²) in [4.78, 5) is 4.78. The summed E-state index contributed by atoms with van der Waals surface area (Å²) in [5, 5.41) is 11.9. The maximum absolute atomic E-state index is 8.74. The highest BCUT2D eigenvalue weighted by molar-refractivity contribution is 5.85. The first-order valence-corrected chi connectivity index (χ1v) is 6.73. The van der Waals surface area contributed by atoms with Crippen molar-refractivity contribution >= 4 is 5.84 Å². The number of hydrogen-bond donors (Lipinski definition) is 2. The number of oxime groups is 1. The summed E-state index contributed by atoms with van der Waals surface area (Å²) >= 11 is 0.